The molecule has 0 aliphatic heterocycles. The van der Waals surface area contributed by atoms with Crippen LogP contribution in [0, 0.1) is 0 Å². The summed E-state index contributed by atoms with van der Waals surface area (Å²) in [5, 5.41) is 14.8. The molecule has 10 heteroatoms. The van der Waals surface area contributed by atoms with Crippen LogP contribution in [0.15, 0.2) is 61.2 Å². The number of carbonyl (C=O) groups is 2. The van der Waals surface area contributed by atoms with Crippen LogP contribution >= 0.6 is 0 Å². The molecule has 0 aliphatic rings. The monoisotopic (exact) mass is 404 g/mol. The number of aliphatic carboxylic acids is 1. The molecule has 0 unspecified atom stereocenters. The molecule has 3 aromatic heterocycles. The van der Waals surface area contributed by atoms with Crippen LogP contribution in [0.3, 0.4) is 0 Å². The SMILES string of the molecule is O=C(N[C@@H](CNc1nccc[nH+]1)C(=O)O)c1ccc2nc(-c3ccncc3)[nH]c2c1. The lowest BCUT2D eigenvalue weighted by Gasteiger charge is -2.13. The molecule has 30 heavy (non-hydrogen) atoms. The van der Waals surface area contributed by atoms with Crippen LogP contribution in [0.4, 0.5) is 5.95 Å². The van der Waals surface area contributed by atoms with E-state index in [4.69, 9.17) is 0 Å². The van der Waals surface area contributed by atoms with Crippen LogP contribution in [-0.4, -0.2) is 49.5 Å². The molecule has 0 saturated carbocycles. The number of nitrogens with zero attached hydrogens (tertiary/aromatic N) is 3. The van der Waals surface area contributed by atoms with E-state index in [9.17, 15) is 14.7 Å². The van der Waals surface area contributed by atoms with Gasteiger partial charge in [-0.2, -0.15) is 0 Å². The van der Waals surface area contributed by atoms with Crippen LogP contribution < -0.4 is 15.6 Å². The summed E-state index contributed by atoms with van der Waals surface area (Å²) in [6.07, 6.45) is 6.56. The Hall–Kier alpha value is -4.34. The molecule has 3 heterocycles. The van der Waals surface area contributed by atoms with Crippen LogP contribution in [-0.2, 0) is 4.79 Å². The molecular weight excluding hydrogens is 386 g/mol. The Morgan fingerprint density at radius 3 is 2.73 bits per heavy atom. The van der Waals surface area contributed by atoms with Gasteiger partial charge < -0.3 is 15.4 Å². The number of pyridine rings is 1. The van der Waals surface area contributed by atoms with Gasteiger partial charge in [-0.25, -0.2) is 14.8 Å². The number of hydrogen-bond donors (Lipinski definition) is 4. The van der Waals surface area contributed by atoms with Gasteiger partial charge in [-0.1, -0.05) is 4.98 Å². The molecule has 4 aromatic rings. The number of benzene rings is 1. The number of hydrogen-bond acceptors (Lipinski definition) is 6. The van der Waals surface area contributed by atoms with Gasteiger partial charge in [0.15, 0.2) is 6.04 Å². The fourth-order valence-electron chi connectivity index (χ4n) is 2.86. The van der Waals surface area contributed by atoms with E-state index in [0.717, 1.165) is 5.56 Å². The van der Waals surface area contributed by atoms with Crippen molar-refractivity contribution < 1.29 is 19.7 Å². The summed E-state index contributed by atoms with van der Waals surface area (Å²) in [5.74, 6) is -0.602. The third-order valence-corrected chi connectivity index (χ3v) is 4.38. The zero-order valence-corrected chi connectivity index (χ0v) is 15.7. The second-order valence-electron chi connectivity index (χ2n) is 6.43. The molecule has 0 spiro atoms. The highest BCUT2D eigenvalue weighted by atomic mass is 16.4. The summed E-state index contributed by atoms with van der Waals surface area (Å²) >= 11 is 0. The molecule has 150 valence electrons. The van der Waals surface area contributed by atoms with Gasteiger partial charge in [0.05, 0.1) is 23.8 Å². The number of aromatic amines is 2. The largest absolute Gasteiger partial charge is 0.480 e. The number of fused-ring (bicyclic) bond motifs is 1. The molecule has 0 saturated heterocycles. The van der Waals surface area contributed by atoms with Gasteiger partial charge in [-0.3, -0.25) is 15.1 Å². The van der Waals surface area contributed by atoms with E-state index in [1.807, 2.05) is 12.1 Å². The second kappa shape index (κ2) is 8.35. The van der Waals surface area contributed by atoms with Crippen molar-refractivity contribution in [1.29, 1.82) is 0 Å². The fourth-order valence-corrected chi connectivity index (χ4v) is 2.86. The van der Waals surface area contributed by atoms with Crippen molar-refractivity contribution in [3.8, 4) is 11.4 Å². The average Bonchev–Trinajstić information content (AvgIpc) is 3.21. The Morgan fingerprint density at radius 1 is 1.17 bits per heavy atom. The Bertz CT molecular complexity index is 1180. The molecule has 1 aromatic carbocycles. The van der Waals surface area contributed by atoms with E-state index in [1.165, 1.54) is 0 Å². The Labute approximate surface area is 170 Å². The van der Waals surface area contributed by atoms with Gasteiger partial charge in [-0.15, -0.1) is 0 Å². The molecule has 0 fully saturated rings. The number of nitrogens with one attached hydrogen (secondary N) is 4. The number of carboxylic acid groups (broad SMARTS) is 1. The maximum Gasteiger partial charge on any atom is 0.389 e. The first-order chi connectivity index (χ1) is 14.6. The van der Waals surface area contributed by atoms with E-state index < -0.39 is 17.9 Å². The van der Waals surface area contributed by atoms with E-state index >= 15 is 0 Å². The summed E-state index contributed by atoms with van der Waals surface area (Å²) in [6, 6.07) is 9.17. The predicted octanol–water partition coefficient (Wildman–Crippen LogP) is 1.13. The highest BCUT2D eigenvalue weighted by molar-refractivity contribution is 5.99. The molecule has 0 bridgehead atoms. The molecule has 0 aliphatic carbocycles. The minimum absolute atomic E-state index is 0.0346. The normalized spacial score (nSPS) is 11.7. The first-order valence-electron chi connectivity index (χ1n) is 9.10. The highest BCUT2D eigenvalue weighted by Gasteiger charge is 2.23. The number of aromatic nitrogens is 5. The number of carboxylic acids is 1. The Balaban J connectivity index is 1.49. The lowest BCUT2D eigenvalue weighted by atomic mass is 10.1. The third-order valence-electron chi connectivity index (χ3n) is 4.38. The summed E-state index contributed by atoms with van der Waals surface area (Å²) in [6.45, 7) is -0.0346. The standard InChI is InChI=1S/C20H17N7O3/c28-18(27-16(19(29)30)11-24-20-22-6-1-7-23-20)13-2-3-14-15(10-13)26-17(25-14)12-4-8-21-9-5-12/h1-10,16H,11H2,(H,25,26)(H,27,28)(H,29,30)(H,22,23,24)/p+1/t16-/m0/s1. The number of amides is 1. The van der Waals surface area contributed by atoms with Crippen LogP contribution in [0.25, 0.3) is 22.4 Å². The zero-order valence-electron chi connectivity index (χ0n) is 15.7. The van der Waals surface area contributed by atoms with E-state index in [0.29, 0.717) is 28.4 Å². The van der Waals surface area contributed by atoms with Crippen molar-refractivity contribution in [3.05, 3.63) is 66.7 Å². The average molecular weight is 404 g/mol. The van der Waals surface area contributed by atoms with E-state index in [1.54, 1.807) is 49.1 Å². The first kappa shape index (κ1) is 19.0. The summed E-state index contributed by atoms with van der Waals surface area (Å²) < 4.78 is 0. The molecule has 0 radical (unpaired) electrons. The van der Waals surface area contributed by atoms with E-state index in [2.05, 4.69) is 35.6 Å². The molecule has 1 amide bonds. The molecular formula is C20H18N7O3+. The van der Waals surface area contributed by atoms with Gasteiger partial charge in [0.1, 0.15) is 12.0 Å². The number of rotatable bonds is 7. The molecule has 1 atom stereocenters. The number of anilines is 1. The molecule has 4 rings (SSSR count). The van der Waals surface area contributed by atoms with Crippen molar-refractivity contribution in [3.63, 3.8) is 0 Å². The van der Waals surface area contributed by atoms with Crippen molar-refractivity contribution in [1.82, 2.24) is 25.3 Å². The second-order valence-corrected chi connectivity index (χ2v) is 6.43. The van der Waals surface area contributed by atoms with E-state index in [-0.39, 0.29) is 6.54 Å². The molecule has 5 N–H and O–H groups in total. The van der Waals surface area contributed by atoms with Crippen LogP contribution in [0.1, 0.15) is 10.4 Å². The quantitative estimate of drug-likeness (QED) is 0.361. The number of carbonyl (C=O) groups excluding carboxylic acids is 1. The molecule has 10 nitrogen and oxygen atoms in total. The summed E-state index contributed by atoms with van der Waals surface area (Å²) in [4.78, 5) is 42.7. The lowest BCUT2D eigenvalue weighted by molar-refractivity contribution is -0.365. The maximum absolute atomic E-state index is 12.6. The minimum Gasteiger partial charge on any atom is -0.480 e. The summed E-state index contributed by atoms with van der Waals surface area (Å²) in [5.41, 5.74) is 2.56. The maximum atomic E-state index is 12.6. The smallest absolute Gasteiger partial charge is 0.389 e. The van der Waals surface area contributed by atoms with Crippen molar-refractivity contribution in [2.75, 3.05) is 11.9 Å². The van der Waals surface area contributed by atoms with Gasteiger partial charge in [-0.05, 0) is 30.3 Å². The van der Waals surface area contributed by atoms with Gasteiger partial charge in [0.25, 0.3) is 5.91 Å². The van der Waals surface area contributed by atoms with Gasteiger partial charge in [0, 0.05) is 29.6 Å². The third kappa shape index (κ3) is 4.22. The van der Waals surface area contributed by atoms with Gasteiger partial charge >= 0.3 is 11.9 Å². The number of imidazole rings is 1. The number of H-pyrrole nitrogens is 2. The topological polar surface area (TPSA) is 147 Å². The Kier molecular flexibility index (Phi) is 5.29. The van der Waals surface area contributed by atoms with Gasteiger partial charge in [0.2, 0.25) is 0 Å². The van der Waals surface area contributed by atoms with Crippen molar-refractivity contribution in [2.24, 2.45) is 0 Å². The van der Waals surface area contributed by atoms with Crippen LogP contribution in [0.5, 0.6) is 0 Å². The zero-order chi connectivity index (χ0) is 20.9. The van der Waals surface area contributed by atoms with Crippen LogP contribution in [0.2, 0.25) is 0 Å². The predicted molar refractivity (Wildman–Crippen MR) is 107 cm³/mol. The lowest BCUT2D eigenvalue weighted by Crippen LogP contribution is -2.45. The Morgan fingerprint density at radius 2 is 2.00 bits per heavy atom. The first-order valence-corrected chi connectivity index (χ1v) is 9.10. The fraction of sp³-hybridized carbons (Fsp3) is 0.100. The minimum atomic E-state index is -1.16. The van der Waals surface area contributed by atoms with Crippen molar-refractivity contribution in [2.45, 2.75) is 6.04 Å². The summed E-state index contributed by atoms with van der Waals surface area (Å²) in [7, 11) is 0. The highest BCUT2D eigenvalue weighted by Crippen LogP contribution is 2.20. The van der Waals surface area contributed by atoms with Crippen molar-refractivity contribution >= 4 is 28.9 Å².